The molecule has 1 saturated heterocycles. The molecule has 0 aliphatic carbocycles. The van der Waals surface area contributed by atoms with Gasteiger partial charge in [-0.15, -0.1) is 0 Å². The van der Waals surface area contributed by atoms with Crippen molar-refractivity contribution in [3.8, 4) is 5.88 Å². The smallest absolute Gasteiger partial charge is 0.218 e. The van der Waals surface area contributed by atoms with Gasteiger partial charge in [-0.2, -0.15) is 0 Å². The molecule has 2 N–H and O–H groups in total. The first-order valence-electron chi connectivity index (χ1n) is 6.41. The second-order valence-corrected chi connectivity index (χ2v) is 4.32. The number of anilines is 1. The van der Waals surface area contributed by atoms with E-state index in [0.717, 1.165) is 51.5 Å². The van der Waals surface area contributed by atoms with Crippen LogP contribution in [0.1, 0.15) is 6.42 Å². The fraction of sp³-hybridized carbons (Fsp3) is 0.667. The molecule has 0 spiro atoms. The molecule has 1 aromatic heterocycles. The van der Waals surface area contributed by atoms with Crippen molar-refractivity contribution in [3.63, 3.8) is 0 Å². The number of ether oxygens (including phenoxy) is 1. The Morgan fingerprint density at radius 3 is 3.00 bits per heavy atom. The van der Waals surface area contributed by atoms with Crippen LogP contribution >= 0.6 is 0 Å². The lowest BCUT2D eigenvalue weighted by Crippen LogP contribution is -2.44. The molecule has 0 radical (unpaired) electrons. The molecular formula is C12H21N5O. The topological polar surface area (TPSA) is 62.3 Å². The normalized spacial score (nSPS) is 16.5. The molecule has 1 aliphatic heterocycles. The first-order valence-corrected chi connectivity index (χ1v) is 6.41. The van der Waals surface area contributed by atoms with Crippen LogP contribution in [0, 0.1) is 0 Å². The van der Waals surface area contributed by atoms with Crippen molar-refractivity contribution in [1.82, 2.24) is 20.2 Å². The van der Waals surface area contributed by atoms with Gasteiger partial charge >= 0.3 is 0 Å². The molecule has 2 rings (SSSR count). The average Bonchev–Trinajstić information content (AvgIpc) is 2.45. The molecule has 0 bridgehead atoms. The Morgan fingerprint density at radius 2 is 2.22 bits per heavy atom. The molecule has 0 saturated carbocycles. The molecule has 2 heterocycles. The summed E-state index contributed by atoms with van der Waals surface area (Å²) in [6.07, 6.45) is 2.63. The lowest BCUT2D eigenvalue weighted by atomic mass is 10.3. The Bertz CT molecular complexity index is 354. The zero-order chi connectivity index (χ0) is 12.6. The van der Waals surface area contributed by atoms with Crippen LogP contribution in [0.5, 0.6) is 5.88 Å². The second-order valence-electron chi connectivity index (χ2n) is 4.32. The Hall–Kier alpha value is -1.40. The van der Waals surface area contributed by atoms with E-state index in [0.29, 0.717) is 5.88 Å². The zero-order valence-electron chi connectivity index (χ0n) is 10.9. The molecule has 18 heavy (non-hydrogen) atoms. The van der Waals surface area contributed by atoms with Crippen LogP contribution in [0.2, 0.25) is 0 Å². The monoisotopic (exact) mass is 251 g/mol. The van der Waals surface area contributed by atoms with E-state index in [1.807, 2.05) is 6.07 Å². The van der Waals surface area contributed by atoms with Crippen LogP contribution in [0.25, 0.3) is 0 Å². The Labute approximate surface area is 108 Å². The number of methoxy groups -OCH3 is 1. The number of rotatable bonds is 6. The highest BCUT2D eigenvalue weighted by Crippen LogP contribution is 2.09. The van der Waals surface area contributed by atoms with Crippen LogP contribution in [0.3, 0.4) is 0 Å². The molecule has 1 aliphatic rings. The van der Waals surface area contributed by atoms with E-state index in [4.69, 9.17) is 4.74 Å². The van der Waals surface area contributed by atoms with Crippen LogP contribution in [0.4, 0.5) is 5.82 Å². The van der Waals surface area contributed by atoms with Crippen molar-refractivity contribution >= 4 is 5.82 Å². The van der Waals surface area contributed by atoms with E-state index in [-0.39, 0.29) is 0 Å². The molecule has 100 valence electrons. The van der Waals surface area contributed by atoms with Gasteiger partial charge in [-0.05, 0) is 13.0 Å². The van der Waals surface area contributed by atoms with E-state index in [2.05, 4.69) is 25.5 Å². The number of hydrogen-bond donors (Lipinski definition) is 2. The number of hydrogen-bond acceptors (Lipinski definition) is 6. The van der Waals surface area contributed by atoms with Crippen molar-refractivity contribution < 1.29 is 4.74 Å². The summed E-state index contributed by atoms with van der Waals surface area (Å²) in [5.74, 6) is 1.41. The maximum Gasteiger partial charge on any atom is 0.218 e. The molecule has 6 heteroatoms. The third-order valence-electron chi connectivity index (χ3n) is 3.02. The fourth-order valence-electron chi connectivity index (χ4n) is 2.00. The summed E-state index contributed by atoms with van der Waals surface area (Å²) in [5.41, 5.74) is 0. The zero-order valence-corrected chi connectivity index (χ0v) is 10.9. The van der Waals surface area contributed by atoms with Gasteiger partial charge in [0.2, 0.25) is 5.88 Å². The highest BCUT2D eigenvalue weighted by molar-refractivity contribution is 5.36. The quantitative estimate of drug-likeness (QED) is 0.704. The SMILES string of the molecule is COc1cc(NCCCN2CCNCC2)ncn1. The van der Waals surface area contributed by atoms with Crippen LogP contribution in [0.15, 0.2) is 12.4 Å². The molecule has 6 nitrogen and oxygen atoms in total. The number of nitrogens with zero attached hydrogens (tertiary/aromatic N) is 3. The van der Waals surface area contributed by atoms with E-state index in [9.17, 15) is 0 Å². The minimum Gasteiger partial charge on any atom is -0.481 e. The summed E-state index contributed by atoms with van der Waals surface area (Å²) in [5, 5.41) is 6.64. The molecular weight excluding hydrogens is 230 g/mol. The van der Waals surface area contributed by atoms with Crippen molar-refractivity contribution in [2.24, 2.45) is 0 Å². The first kappa shape index (κ1) is 13.0. The summed E-state index contributed by atoms with van der Waals surface area (Å²) >= 11 is 0. The average molecular weight is 251 g/mol. The third-order valence-corrected chi connectivity index (χ3v) is 3.02. The molecule has 1 aromatic rings. The van der Waals surface area contributed by atoms with Gasteiger partial charge in [-0.3, -0.25) is 0 Å². The van der Waals surface area contributed by atoms with Crippen LogP contribution in [-0.2, 0) is 0 Å². The Balaban J connectivity index is 1.65. The van der Waals surface area contributed by atoms with Gasteiger partial charge in [0, 0.05) is 38.8 Å². The minimum atomic E-state index is 0.592. The van der Waals surface area contributed by atoms with Gasteiger partial charge < -0.3 is 20.3 Å². The van der Waals surface area contributed by atoms with Gasteiger partial charge in [-0.1, -0.05) is 0 Å². The summed E-state index contributed by atoms with van der Waals surface area (Å²) in [4.78, 5) is 10.6. The predicted octanol–water partition coefficient (Wildman–Crippen LogP) is 0.192. The maximum atomic E-state index is 5.05. The number of nitrogens with one attached hydrogen (secondary N) is 2. The van der Waals surface area contributed by atoms with E-state index in [1.54, 1.807) is 7.11 Å². The maximum absolute atomic E-state index is 5.05. The highest BCUT2D eigenvalue weighted by atomic mass is 16.5. The Morgan fingerprint density at radius 1 is 1.39 bits per heavy atom. The molecule has 0 amide bonds. The summed E-state index contributed by atoms with van der Waals surface area (Å²) in [6.45, 7) is 6.58. The van der Waals surface area contributed by atoms with Crippen LogP contribution in [-0.4, -0.2) is 61.2 Å². The lowest BCUT2D eigenvalue weighted by Gasteiger charge is -2.27. The molecule has 0 aromatic carbocycles. The highest BCUT2D eigenvalue weighted by Gasteiger charge is 2.08. The summed E-state index contributed by atoms with van der Waals surface area (Å²) < 4.78 is 5.05. The number of piperazine rings is 1. The summed E-state index contributed by atoms with van der Waals surface area (Å²) in [6, 6.07) is 1.81. The van der Waals surface area contributed by atoms with Crippen molar-refractivity contribution in [2.75, 3.05) is 51.7 Å². The second kappa shape index (κ2) is 7.13. The molecule has 0 unspecified atom stereocenters. The minimum absolute atomic E-state index is 0.592. The van der Waals surface area contributed by atoms with E-state index >= 15 is 0 Å². The van der Waals surface area contributed by atoms with E-state index < -0.39 is 0 Å². The van der Waals surface area contributed by atoms with Gasteiger partial charge in [0.15, 0.2) is 0 Å². The van der Waals surface area contributed by atoms with E-state index in [1.165, 1.54) is 6.33 Å². The van der Waals surface area contributed by atoms with Crippen molar-refractivity contribution in [1.29, 1.82) is 0 Å². The van der Waals surface area contributed by atoms with Gasteiger partial charge in [0.25, 0.3) is 0 Å². The van der Waals surface area contributed by atoms with Gasteiger partial charge in [0.1, 0.15) is 12.1 Å². The molecule has 0 atom stereocenters. The lowest BCUT2D eigenvalue weighted by molar-refractivity contribution is 0.240. The predicted molar refractivity (Wildman–Crippen MR) is 71.0 cm³/mol. The van der Waals surface area contributed by atoms with Gasteiger partial charge in [-0.25, -0.2) is 9.97 Å². The fourth-order valence-corrected chi connectivity index (χ4v) is 2.00. The summed E-state index contributed by atoms with van der Waals surface area (Å²) in [7, 11) is 1.61. The first-order chi connectivity index (χ1) is 8.88. The third kappa shape index (κ3) is 4.12. The number of aromatic nitrogens is 2. The van der Waals surface area contributed by atoms with Crippen molar-refractivity contribution in [2.45, 2.75) is 6.42 Å². The van der Waals surface area contributed by atoms with Crippen LogP contribution < -0.4 is 15.4 Å². The van der Waals surface area contributed by atoms with Gasteiger partial charge in [0.05, 0.1) is 7.11 Å². The molecule has 1 fully saturated rings. The largest absolute Gasteiger partial charge is 0.481 e. The standard InChI is InChI=1S/C12H21N5O/c1-18-12-9-11(15-10-16-12)14-3-2-6-17-7-4-13-5-8-17/h9-10,13H,2-8H2,1H3,(H,14,15,16). The van der Waals surface area contributed by atoms with Crippen molar-refractivity contribution in [3.05, 3.63) is 12.4 Å². The Kier molecular flexibility index (Phi) is 5.16.